The largest absolute Gasteiger partial charge is 0.464 e. The van der Waals surface area contributed by atoms with Crippen LogP contribution in [0.1, 0.15) is 39.7 Å². The molecule has 0 aliphatic carbocycles. The highest BCUT2D eigenvalue weighted by Crippen LogP contribution is 2.24. The van der Waals surface area contributed by atoms with Gasteiger partial charge in [-0.25, -0.2) is 4.79 Å². The molecule has 0 unspecified atom stereocenters. The summed E-state index contributed by atoms with van der Waals surface area (Å²) in [7, 11) is 1.37. The molecule has 2 aromatic rings. The van der Waals surface area contributed by atoms with Gasteiger partial charge in [-0.2, -0.15) is 0 Å². The van der Waals surface area contributed by atoms with E-state index in [1.54, 1.807) is 30.3 Å². The first kappa shape index (κ1) is 20.9. The van der Waals surface area contributed by atoms with Crippen LogP contribution in [0.5, 0.6) is 0 Å². The van der Waals surface area contributed by atoms with Crippen LogP contribution in [0.3, 0.4) is 0 Å². The molecule has 9 heteroatoms. The van der Waals surface area contributed by atoms with E-state index >= 15 is 0 Å². The average molecular weight is 419 g/mol. The molecule has 0 bridgehead atoms. The zero-order chi connectivity index (χ0) is 20.8. The molecule has 29 heavy (non-hydrogen) atoms. The molecular weight excluding hydrogens is 396 g/mol. The zero-order valence-corrected chi connectivity index (χ0v) is 16.8. The Morgan fingerprint density at radius 2 is 1.83 bits per heavy atom. The lowest BCUT2D eigenvalue weighted by molar-refractivity contribution is -0.123. The zero-order valence-electron chi connectivity index (χ0n) is 16.1. The molecule has 0 radical (unpaired) electrons. The second kappa shape index (κ2) is 9.58. The Hall–Kier alpha value is -2.84. The number of nitrogens with one attached hydrogen (secondary N) is 2. The van der Waals surface area contributed by atoms with Gasteiger partial charge in [-0.05, 0) is 37.1 Å². The quantitative estimate of drug-likeness (QED) is 0.572. The molecule has 1 fully saturated rings. The number of benzene rings is 1. The van der Waals surface area contributed by atoms with Crippen LogP contribution in [0.25, 0.3) is 0 Å². The summed E-state index contributed by atoms with van der Waals surface area (Å²) in [6, 6.07) is 10.4. The summed E-state index contributed by atoms with van der Waals surface area (Å²) in [5.74, 6) is -1.13. The van der Waals surface area contributed by atoms with Crippen molar-refractivity contribution in [2.75, 3.05) is 26.7 Å². The van der Waals surface area contributed by atoms with E-state index in [-0.39, 0.29) is 24.5 Å². The molecule has 1 aromatic heterocycles. The highest BCUT2D eigenvalue weighted by atomic mass is 35.5. The predicted octanol–water partition coefficient (Wildman–Crippen LogP) is 2.03. The Morgan fingerprint density at radius 3 is 2.52 bits per heavy atom. The number of hydrogen-bond donors (Lipinski definition) is 2. The van der Waals surface area contributed by atoms with Gasteiger partial charge in [-0.3, -0.25) is 25.3 Å². The number of methoxy groups -OCH3 is 1. The smallest absolute Gasteiger partial charge is 0.354 e. The van der Waals surface area contributed by atoms with Crippen LogP contribution in [-0.2, 0) is 9.53 Å². The van der Waals surface area contributed by atoms with Crippen molar-refractivity contribution < 1.29 is 19.1 Å². The Kier molecular flexibility index (Phi) is 6.90. The van der Waals surface area contributed by atoms with Crippen LogP contribution in [-0.4, -0.2) is 54.0 Å². The highest BCUT2D eigenvalue weighted by Gasteiger charge is 2.25. The Bertz CT molecular complexity index is 890. The van der Waals surface area contributed by atoms with Gasteiger partial charge in [0.1, 0.15) is 5.69 Å². The van der Waals surface area contributed by atoms with Crippen LogP contribution in [0.2, 0.25) is 5.02 Å². The molecule has 154 valence electrons. The number of amides is 2. The summed E-state index contributed by atoms with van der Waals surface area (Å²) < 4.78 is 6.76. The van der Waals surface area contributed by atoms with E-state index in [0.29, 0.717) is 29.4 Å². The molecule has 2 heterocycles. The number of esters is 1. The van der Waals surface area contributed by atoms with Crippen LogP contribution < -0.4 is 10.9 Å². The monoisotopic (exact) mass is 418 g/mol. The minimum Gasteiger partial charge on any atom is -0.464 e. The summed E-state index contributed by atoms with van der Waals surface area (Å²) in [6.45, 7) is 1.58. The van der Waals surface area contributed by atoms with Crippen LogP contribution in [0.4, 0.5) is 0 Å². The molecule has 0 spiro atoms. The highest BCUT2D eigenvalue weighted by molar-refractivity contribution is 6.33. The molecular formula is C20H23ClN4O4. The predicted molar refractivity (Wildman–Crippen MR) is 108 cm³/mol. The van der Waals surface area contributed by atoms with E-state index in [1.165, 1.54) is 7.11 Å². The Labute approximate surface area is 173 Å². The van der Waals surface area contributed by atoms with Crippen molar-refractivity contribution in [1.82, 2.24) is 20.3 Å². The number of carbonyl (C=O) groups is 3. The molecule has 1 aliphatic heterocycles. The van der Waals surface area contributed by atoms with Gasteiger partial charge < -0.3 is 9.30 Å². The van der Waals surface area contributed by atoms with Crippen molar-refractivity contribution in [1.29, 1.82) is 0 Å². The van der Waals surface area contributed by atoms with Gasteiger partial charge in [0.15, 0.2) is 0 Å². The minimum atomic E-state index is -0.467. The maximum Gasteiger partial charge on any atom is 0.354 e. The molecule has 2 N–H and O–H groups in total. The van der Waals surface area contributed by atoms with Crippen molar-refractivity contribution in [2.45, 2.75) is 18.9 Å². The van der Waals surface area contributed by atoms with Crippen molar-refractivity contribution in [3.8, 4) is 0 Å². The van der Waals surface area contributed by atoms with Gasteiger partial charge >= 0.3 is 5.97 Å². The van der Waals surface area contributed by atoms with Gasteiger partial charge in [0.2, 0.25) is 0 Å². The van der Waals surface area contributed by atoms with E-state index in [2.05, 4.69) is 10.9 Å². The first-order chi connectivity index (χ1) is 14.0. The van der Waals surface area contributed by atoms with Crippen LogP contribution >= 0.6 is 11.6 Å². The lowest BCUT2D eigenvalue weighted by Crippen LogP contribution is -2.48. The molecule has 1 aromatic carbocycles. The fraction of sp³-hybridized carbons (Fsp3) is 0.350. The number of ether oxygens (including phenoxy) is 1. The van der Waals surface area contributed by atoms with Gasteiger partial charge in [-0.15, -0.1) is 0 Å². The Morgan fingerprint density at radius 1 is 1.10 bits per heavy atom. The van der Waals surface area contributed by atoms with Gasteiger partial charge in [-0.1, -0.05) is 23.7 Å². The summed E-state index contributed by atoms with van der Waals surface area (Å²) in [4.78, 5) is 38.1. The maximum atomic E-state index is 12.2. The molecule has 0 atom stereocenters. The fourth-order valence-electron chi connectivity index (χ4n) is 3.43. The van der Waals surface area contributed by atoms with Crippen molar-refractivity contribution in [3.05, 3.63) is 58.9 Å². The number of rotatable bonds is 5. The average Bonchev–Trinajstić information content (AvgIpc) is 3.22. The molecule has 3 rings (SSSR count). The first-order valence-corrected chi connectivity index (χ1v) is 9.68. The van der Waals surface area contributed by atoms with Crippen LogP contribution in [0.15, 0.2) is 42.6 Å². The van der Waals surface area contributed by atoms with E-state index in [0.717, 1.165) is 12.8 Å². The second-order valence-corrected chi connectivity index (χ2v) is 7.19. The fourth-order valence-corrected chi connectivity index (χ4v) is 3.65. The summed E-state index contributed by atoms with van der Waals surface area (Å²) >= 11 is 5.97. The third kappa shape index (κ3) is 5.16. The standard InChI is InChI=1S/C20H23ClN4O4/c1-29-20(28)17-7-4-10-25(17)14-8-11-24(12-9-14)13-18(26)22-23-19(27)15-5-2-3-6-16(15)21/h2-7,10,14H,8-9,11-13H2,1H3,(H,22,26)(H,23,27). The molecule has 0 saturated carbocycles. The summed E-state index contributed by atoms with van der Waals surface area (Å²) in [6.07, 6.45) is 3.49. The SMILES string of the molecule is COC(=O)c1cccn1C1CCN(CC(=O)NNC(=O)c2ccccc2Cl)CC1. The minimum absolute atomic E-state index is 0.172. The molecule has 1 saturated heterocycles. The third-order valence-electron chi connectivity index (χ3n) is 4.93. The number of halogens is 1. The topological polar surface area (TPSA) is 92.7 Å². The summed E-state index contributed by atoms with van der Waals surface area (Å²) in [5, 5.41) is 0.317. The number of aromatic nitrogens is 1. The first-order valence-electron chi connectivity index (χ1n) is 9.31. The van der Waals surface area contributed by atoms with E-state index in [9.17, 15) is 14.4 Å². The van der Waals surface area contributed by atoms with Crippen molar-refractivity contribution in [3.63, 3.8) is 0 Å². The van der Waals surface area contributed by atoms with Crippen LogP contribution in [0, 0.1) is 0 Å². The number of nitrogens with zero attached hydrogens (tertiary/aromatic N) is 2. The maximum absolute atomic E-state index is 12.2. The molecule has 1 aliphatic rings. The molecule has 8 nitrogen and oxygen atoms in total. The number of hydrogen-bond acceptors (Lipinski definition) is 5. The second-order valence-electron chi connectivity index (χ2n) is 6.78. The number of likely N-dealkylation sites (tertiary alicyclic amines) is 1. The molecule has 2 amide bonds. The lowest BCUT2D eigenvalue weighted by atomic mass is 10.0. The van der Waals surface area contributed by atoms with Crippen molar-refractivity contribution in [2.24, 2.45) is 0 Å². The normalized spacial score (nSPS) is 15.0. The summed E-state index contributed by atoms with van der Waals surface area (Å²) in [5.41, 5.74) is 5.63. The number of piperidine rings is 1. The van der Waals surface area contributed by atoms with Gasteiger partial charge in [0.25, 0.3) is 11.8 Å². The number of hydrazine groups is 1. The van der Waals surface area contributed by atoms with E-state index in [1.807, 2.05) is 21.7 Å². The third-order valence-corrected chi connectivity index (χ3v) is 5.25. The van der Waals surface area contributed by atoms with Gasteiger partial charge in [0, 0.05) is 25.3 Å². The lowest BCUT2D eigenvalue weighted by Gasteiger charge is -2.32. The van der Waals surface area contributed by atoms with Crippen molar-refractivity contribution >= 4 is 29.4 Å². The Balaban J connectivity index is 1.45. The number of carbonyl (C=O) groups excluding carboxylic acids is 3. The van der Waals surface area contributed by atoms with Gasteiger partial charge in [0.05, 0.1) is 24.2 Å². The van der Waals surface area contributed by atoms with E-state index in [4.69, 9.17) is 16.3 Å². The van der Waals surface area contributed by atoms with E-state index < -0.39 is 5.91 Å².